The zero-order valence-corrected chi connectivity index (χ0v) is 12.1. The molecular weight excluding hydrogens is 252 g/mol. The van der Waals surface area contributed by atoms with Gasteiger partial charge in [-0.2, -0.15) is 0 Å². The van der Waals surface area contributed by atoms with Crippen LogP contribution in [0.25, 0.3) is 0 Å². The lowest BCUT2D eigenvalue weighted by Crippen LogP contribution is -2.04. The first-order valence-corrected chi connectivity index (χ1v) is 6.45. The summed E-state index contributed by atoms with van der Waals surface area (Å²) in [7, 11) is 3.27. The molecule has 0 radical (unpaired) electrons. The van der Waals surface area contributed by atoms with Crippen LogP contribution in [0.3, 0.4) is 0 Å². The molecule has 106 valence electrons. The van der Waals surface area contributed by atoms with Gasteiger partial charge in [0.05, 0.1) is 14.2 Å². The van der Waals surface area contributed by atoms with E-state index in [0.717, 1.165) is 28.3 Å². The quantitative estimate of drug-likeness (QED) is 0.821. The fourth-order valence-corrected chi connectivity index (χ4v) is 2.06. The van der Waals surface area contributed by atoms with Crippen LogP contribution in [0, 0.1) is 6.92 Å². The van der Waals surface area contributed by atoms with E-state index in [-0.39, 0.29) is 0 Å². The van der Waals surface area contributed by atoms with Crippen LogP contribution in [0.4, 0.5) is 11.4 Å². The van der Waals surface area contributed by atoms with Crippen molar-refractivity contribution in [1.29, 1.82) is 0 Å². The summed E-state index contributed by atoms with van der Waals surface area (Å²) in [6.45, 7) is 2.70. The second-order valence-corrected chi connectivity index (χ2v) is 4.57. The largest absolute Gasteiger partial charge is 0.493 e. The summed E-state index contributed by atoms with van der Waals surface area (Å²) < 4.78 is 10.6. The Morgan fingerprint density at radius 2 is 1.70 bits per heavy atom. The minimum Gasteiger partial charge on any atom is -0.493 e. The van der Waals surface area contributed by atoms with Crippen molar-refractivity contribution >= 4 is 11.4 Å². The monoisotopic (exact) mass is 272 g/mol. The first-order chi connectivity index (χ1) is 9.65. The van der Waals surface area contributed by atoms with E-state index in [0.29, 0.717) is 12.3 Å². The third-order valence-corrected chi connectivity index (χ3v) is 3.25. The van der Waals surface area contributed by atoms with Crippen LogP contribution in [0.15, 0.2) is 36.4 Å². The summed E-state index contributed by atoms with van der Waals surface area (Å²) in [6, 6.07) is 11.7. The lowest BCUT2D eigenvalue weighted by molar-refractivity contribution is 0.355. The van der Waals surface area contributed by atoms with Gasteiger partial charge in [-0.15, -0.1) is 0 Å². The molecule has 0 bridgehead atoms. The van der Waals surface area contributed by atoms with Gasteiger partial charge in [-0.05, 0) is 30.2 Å². The molecule has 0 aliphatic carbocycles. The van der Waals surface area contributed by atoms with Crippen LogP contribution < -0.4 is 20.5 Å². The SMILES string of the molecule is COc1cc(C)c(NCc2ccccc2N)cc1OC. The predicted octanol–water partition coefficient (Wildman–Crippen LogP) is 3.21. The van der Waals surface area contributed by atoms with Crippen LogP contribution in [0.2, 0.25) is 0 Å². The van der Waals surface area contributed by atoms with Crippen LogP contribution in [-0.4, -0.2) is 14.2 Å². The van der Waals surface area contributed by atoms with E-state index in [1.54, 1.807) is 14.2 Å². The van der Waals surface area contributed by atoms with Gasteiger partial charge in [0.1, 0.15) is 0 Å². The molecule has 2 aromatic carbocycles. The molecule has 4 nitrogen and oxygen atoms in total. The van der Waals surface area contributed by atoms with Crippen molar-refractivity contribution in [2.75, 3.05) is 25.3 Å². The highest BCUT2D eigenvalue weighted by Crippen LogP contribution is 2.33. The maximum Gasteiger partial charge on any atom is 0.162 e. The second-order valence-electron chi connectivity index (χ2n) is 4.57. The average molecular weight is 272 g/mol. The van der Waals surface area contributed by atoms with Crippen molar-refractivity contribution < 1.29 is 9.47 Å². The molecule has 0 aliphatic heterocycles. The summed E-state index contributed by atoms with van der Waals surface area (Å²) in [5, 5.41) is 3.38. The normalized spacial score (nSPS) is 10.2. The number of hydrogen-bond acceptors (Lipinski definition) is 4. The van der Waals surface area contributed by atoms with Crippen LogP contribution in [0.1, 0.15) is 11.1 Å². The summed E-state index contributed by atoms with van der Waals surface area (Å²) in [6.07, 6.45) is 0. The van der Waals surface area contributed by atoms with Gasteiger partial charge < -0.3 is 20.5 Å². The maximum atomic E-state index is 5.94. The van der Waals surface area contributed by atoms with Crippen LogP contribution in [-0.2, 0) is 6.54 Å². The Bertz CT molecular complexity index is 597. The summed E-state index contributed by atoms with van der Waals surface area (Å²) in [4.78, 5) is 0. The Labute approximate surface area is 119 Å². The van der Waals surface area contributed by atoms with Gasteiger partial charge in [0.15, 0.2) is 11.5 Å². The maximum absolute atomic E-state index is 5.94. The number of nitrogens with one attached hydrogen (secondary N) is 1. The molecule has 3 N–H and O–H groups in total. The van der Waals surface area contributed by atoms with Crippen LogP contribution in [0.5, 0.6) is 11.5 Å². The second kappa shape index (κ2) is 6.19. The molecule has 20 heavy (non-hydrogen) atoms. The zero-order chi connectivity index (χ0) is 14.5. The number of para-hydroxylation sites is 1. The Hall–Kier alpha value is -2.36. The van der Waals surface area contributed by atoms with Gasteiger partial charge in [-0.3, -0.25) is 0 Å². The molecule has 0 saturated carbocycles. The van der Waals surface area contributed by atoms with Gasteiger partial charge in [-0.25, -0.2) is 0 Å². The molecule has 0 fully saturated rings. The summed E-state index contributed by atoms with van der Waals surface area (Å²) in [5.41, 5.74) is 9.90. The van der Waals surface area contributed by atoms with E-state index in [4.69, 9.17) is 15.2 Å². The highest BCUT2D eigenvalue weighted by molar-refractivity contribution is 5.61. The molecule has 0 heterocycles. The van der Waals surface area contributed by atoms with Gasteiger partial charge >= 0.3 is 0 Å². The number of aryl methyl sites for hydroxylation is 1. The predicted molar refractivity (Wildman–Crippen MR) is 82.5 cm³/mol. The van der Waals surface area contributed by atoms with Gasteiger partial charge in [0.2, 0.25) is 0 Å². The van der Waals surface area contributed by atoms with Gasteiger partial charge in [0.25, 0.3) is 0 Å². The fourth-order valence-electron chi connectivity index (χ4n) is 2.06. The molecule has 0 unspecified atom stereocenters. The topological polar surface area (TPSA) is 56.5 Å². The number of nitrogen functional groups attached to an aromatic ring is 1. The van der Waals surface area contributed by atoms with E-state index < -0.39 is 0 Å². The number of nitrogens with two attached hydrogens (primary N) is 1. The van der Waals surface area contributed by atoms with E-state index in [1.807, 2.05) is 43.3 Å². The molecular formula is C16H20N2O2. The fraction of sp³-hybridized carbons (Fsp3) is 0.250. The van der Waals surface area contributed by atoms with E-state index in [9.17, 15) is 0 Å². The summed E-state index contributed by atoms with van der Waals surface area (Å²) >= 11 is 0. The van der Waals surface area contributed by atoms with E-state index in [1.165, 1.54) is 0 Å². The molecule has 0 aromatic heterocycles. The summed E-state index contributed by atoms with van der Waals surface area (Å²) in [5.74, 6) is 1.44. The zero-order valence-electron chi connectivity index (χ0n) is 12.1. The first kappa shape index (κ1) is 14.1. The third kappa shape index (κ3) is 2.96. The van der Waals surface area contributed by atoms with Crippen LogP contribution >= 0.6 is 0 Å². The Morgan fingerprint density at radius 1 is 1.05 bits per heavy atom. The highest BCUT2D eigenvalue weighted by Gasteiger charge is 2.08. The van der Waals surface area contributed by atoms with E-state index in [2.05, 4.69) is 5.32 Å². The first-order valence-electron chi connectivity index (χ1n) is 6.45. The van der Waals surface area contributed by atoms with Gasteiger partial charge in [-0.1, -0.05) is 18.2 Å². The lowest BCUT2D eigenvalue weighted by atomic mass is 10.1. The Balaban J connectivity index is 2.19. The minimum absolute atomic E-state index is 0.670. The molecule has 4 heteroatoms. The Morgan fingerprint density at radius 3 is 2.35 bits per heavy atom. The number of anilines is 2. The van der Waals surface area contributed by atoms with Crippen molar-refractivity contribution in [3.8, 4) is 11.5 Å². The molecule has 0 amide bonds. The van der Waals surface area contributed by atoms with Crippen molar-refractivity contribution in [3.05, 3.63) is 47.5 Å². The minimum atomic E-state index is 0.670. The van der Waals surface area contributed by atoms with Gasteiger partial charge in [0, 0.05) is 24.0 Å². The molecule has 2 rings (SSSR count). The molecule has 0 atom stereocenters. The van der Waals surface area contributed by atoms with Crippen molar-refractivity contribution in [2.24, 2.45) is 0 Å². The smallest absolute Gasteiger partial charge is 0.162 e. The average Bonchev–Trinajstić information content (AvgIpc) is 2.47. The standard InChI is InChI=1S/C16H20N2O2/c1-11-8-15(19-2)16(20-3)9-14(11)18-10-12-6-4-5-7-13(12)17/h4-9,18H,10,17H2,1-3H3. The van der Waals surface area contributed by atoms with Crippen molar-refractivity contribution in [1.82, 2.24) is 0 Å². The van der Waals surface area contributed by atoms with Crippen molar-refractivity contribution in [3.63, 3.8) is 0 Å². The number of ether oxygens (including phenoxy) is 2. The number of hydrogen-bond donors (Lipinski definition) is 2. The highest BCUT2D eigenvalue weighted by atomic mass is 16.5. The number of benzene rings is 2. The molecule has 0 saturated heterocycles. The molecule has 0 spiro atoms. The number of rotatable bonds is 5. The number of methoxy groups -OCH3 is 2. The molecule has 2 aromatic rings. The van der Waals surface area contributed by atoms with Crippen molar-refractivity contribution in [2.45, 2.75) is 13.5 Å². The Kier molecular flexibility index (Phi) is 4.35. The van der Waals surface area contributed by atoms with E-state index >= 15 is 0 Å². The lowest BCUT2D eigenvalue weighted by Gasteiger charge is -2.15. The third-order valence-electron chi connectivity index (χ3n) is 3.25. The molecule has 0 aliphatic rings.